The molecule has 0 unspecified atom stereocenters. The van der Waals surface area contributed by atoms with Crippen LogP contribution in [0.5, 0.6) is 17.2 Å². The van der Waals surface area contributed by atoms with E-state index in [1.54, 1.807) is 25.1 Å². The molecule has 0 aliphatic carbocycles. The maximum absolute atomic E-state index is 13.6. The fourth-order valence-electron chi connectivity index (χ4n) is 1.57. The van der Waals surface area contributed by atoms with Crippen molar-refractivity contribution < 1.29 is 13.9 Å². The SMILES string of the molecule is CCOc1cc(Oc2ccc(Cl)c(Cl)c2)c(N)cc1F. The molecule has 6 heteroatoms. The van der Waals surface area contributed by atoms with Gasteiger partial charge in [0.05, 0.1) is 22.3 Å². The van der Waals surface area contributed by atoms with Gasteiger partial charge < -0.3 is 15.2 Å². The molecule has 0 amide bonds. The molecule has 0 saturated heterocycles. The lowest BCUT2D eigenvalue weighted by molar-refractivity contribution is 0.319. The second-order valence-corrected chi connectivity index (χ2v) is 4.75. The minimum Gasteiger partial charge on any atom is -0.491 e. The fraction of sp³-hybridized carbons (Fsp3) is 0.143. The topological polar surface area (TPSA) is 44.5 Å². The number of benzene rings is 2. The first-order valence-electron chi connectivity index (χ1n) is 5.86. The smallest absolute Gasteiger partial charge is 0.167 e. The van der Waals surface area contributed by atoms with Gasteiger partial charge in [0.15, 0.2) is 17.3 Å². The highest BCUT2D eigenvalue weighted by Gasteiger charge is 2.11. The average molecular weight is 316 g/mol. The second kappa shape index (κ2) is 6.20. The van der Waals surface area contributed by atoms with Crippen LogP contribution in [0.3, 0.4) is 0 Å². The number of hydrogen-bond acceptors (Lipinski definition) is 3. The lowest BCUT2D eigenvalue weighted by atomic mass is 10.2. The molecule has 3 nitrogen and oxygen atoms in total. The highest BCUT2D eigenvalue weighted by molar-refractivity contribution is 6.42. The zero-order valence-electron chi connectivity index (χ0n) is 10.6. The Morgan fingerprint density at radius 2 is 1.85 bits per heavy atom. The van der Waals surface area contributed by atoms with Gasteiger partial charge in [-0.3, -0.25) is 0 Å². The van der Waals surface area contributed by atoms with Crippen molar-refractivity contribution in [2.45, 2.75) is 6.92 Å². The van der Waals surface area contributed by atoms with E-state index in [-0.39, 0.29) is 17.2 Å². The van der Waals surface area contributed by atoms with Crippen molar-refractivity contribution in [1.82, 2.24) is 0 Å². The Morgan fingerprint density at radius 1 is 1.10 bits per heavy atom. The fourth-order valence-corrected chi connectivity index (χ4v) is 1.86. The van der Waals surface area contributed by atoms with Gasteiger partial charge in [-0.05, 0) is 19.1 Å². The number of nitrogens with two attached hydrogens (primary N) is 1. The third-order valence-corrected chi connectivity index (χ3v) is 3.22. The van der Waals surface area contributed by atoms with E-state index < -0.39 is 5.82 Å². The summed E-state index contributed by atoms with van der Waals surface area (Å²) in [4.78, 5) is 0. The van der Waals surface area contributed by atoms with Gasteiger partial charge in [-0.25, -0.2) is 4.39 Å². The van der Waals surface area contributed by atoms with Crippen LogP contribution in [0, 0.1) is 5.82 Å². The van der Waals surface area contributed by atoms with Crippen LogP contribution < -0.4 is 15.2 Å². The summed E-state index contributed by atoms with van der Waals surface area (Å²) in [5.41, 5.74) is 5.89. The Morgan fingerprint density at radius 3 is 2.50 bits per heavy atom. The molecule has 2 N–H and O–H groups in total. The van der Waals surface area contributed by atoms with E-state index in [0.717, 1.165) is 6.07 Å². The van der Waals surface area contributed by atoms with Crippen molar-refractivity contribution >= 4 is 28.9 Å². The van der Waals surface area contributed by atoms with Gasteiger partial charge in [0.2, 0.25) is 0 Å². The van der Waals surface area contributed by atoms with Crippen LogP contribution in [0.15, 0.2) is 30.3 Å². The summed E-state index contributed by atoms with van der Waals surface area (Å²) in [5.74, 6) is 0.274. The van der Waals surface area contributed by atoms with Crippen molar-refractivity contribution in [3.05, 3.63) is 46.2 Å². The first-order valence-corrected chi connectivity index (χ1v) is 6.61. The van der Waals surface area contributed by atoms with Crippen LogP contribution >= 0.6 is 23.2 Å². The van der Waals surface area contributed by atoms with Crippen molar-refractivity contribution in [2.75, 3.05) is 12.3 Å². The summed E-state index contributed by atoms with van der Waals surface area (Å²) < 4.78 is 24.3. The van der Waals surface area contributed by atoms with Gasteiger partial charge in [-0.15, -0.1) is 0 Å². The Hall–Kier alpha value is -1.65. The molecule has 0 atom stereocenters. The van der Waals surface area contributed by atoms with E-state index in [2.05, 4.69) is 0 Å². The van der Waals surface area contributed by atoms with Crippen molar-refractivity contribution in [3.63, 3.8) is 0 Å². The largest absolute Gasteiger partial charge is 0.491 e. The van der Waals surface area contributed by atoms with Gasteiger partial charge in [0, 0.05) is 18.2 Å². The summed E-state index contributed by atoms with van der Waals surface area (Å²) in [6.45, 7) is 2.10. The minimum atomic E-state index is -0.536. The molecule has 2 aromatic carbocycles. The summed E-state index contributed by atoms with van der Waals surface area (Å²) in [5, 5.41) is 0.774. The minimum absolute atomic E-state index is 0.0803. The number of anilines is 1. The van der Waals surface area contributed by atoms with Crippen LogP contribution in [0.2, 0.25) is 10.0 Å². The van der Waals surface area contributed by atoms with Crippen LogP contribution in [-0.4, -0.2) is 6.61 Å². The Bertz CT molecular complexity index is 635. The van der Waals surface area contributed by atoms with Crippen molar-refractivity contribution in [2.24, 2.45) is 0 Å². The molecule has 0 bridgehead atoms. The molecule has 2 aromatic rings. The van der Waals surface area contributed by atoms with Gasteiger partial charge >= 0.3 is 0 Å². The van der Waals surface area contributed by atoms with E-state index in [9.17, 15) is 4.39 Å². The van der Waals surface area contributed by atoms with E-state index in [0.29, 0.717) is 22.4 Å². The third-order valence-electron chi connectivity index (χ3n) is 2.48. The van der Waals surface area contributed by atoms with Crippen molar-refractivity contribution in [3.8, 4) is 17.2 Å². The predicted octanol–water partition coefficient (Wildman–Crippen LogP) is 4.91. The van der Waals surface area contributed by atoms with Gasteiger partial charge in [0.25, 0.3) is 0 Å². The van der Waals surface area contributed by atoms with E-state index in [4.69, 9.17) is 38.4 Å². The predicted molar refractivity (Wildman–Crippen MR) is 78.5 cm³/mol. The Labute approximate surface area is 126 Å². The molecule has 0 aliphatic heterocycles. The summed E-state index contributed by atoms with van der Waals surface area (Å²) in [6.07, 6.45) is 0. The maximum atomic E-state index is 13.6. The second-order valence-electron chi connectivity index (χ2n) is 3.93. The standard InChI is InChI=1S/C14H12Cl2FNO2/c1-2-19-13-7-14(12(18)6-11(13)17)20-8-3-4-9(15)10(16)5-8/h3-7H,2,18H2,1H3. The first kappa shape index (κ1) is 14.8. The lowest BCUT2D eigenvalue weighted by Crippen LogP contribution is -1.99. The monoisotopic (exact) mass is 315 g/mol. The molecule has 0 spiro atoms. The highest BCUT2D eigenvalue weighted by atomic mass is 35.5. The Balaban J connectivity index is 2.32. The molecule has 2 rings (SSSR count). The van der Waals surface area contributed by atoms with Gasteiger partial charge in [-0.1, -0.05) is 23.2 Å². The molecule has 0 saturated carbocycles. The summed E-state index contributed by atoms with van der Waals surface area (Å²) in [7, 11) is 0. The molecule has 0 radical (unpaired) electrons. The molecule has 0 heterocycles. The highest BCUT2D eigenvalue weighted by Crippen LogP contribution is 2.35. The first-order chi connectivity index (χ1) is 9.51. The van der Waals surface area contributed by atoms with E-state index in [1.807, 2.05) is 0 Å². The van der Waals surface area contributed by atoms with Gasteiger partial charge in [-0.2, -0.15) is 0 Å². The Kier molecular flexibility index (Phi) is 4.57. The molecular formula is C14H12Cl2FNO2. The molecule has 106 valence electrons. The average Bonchev–Trinajstić information content (AvgIpc) is 2.39. The number of nitrogen functional groups attached to an aromatic ring is 1. The number of ether oxygens (including phenoxy) is 2. The molecule has 0 fully saturated rings. The molecular weight excluding hydrogens is 304 g/mol. The zero-order valence-corrected chi connectivity index (χ0v) is 12.1. The van der Waals surface area contributed by atoms with Crippen LogP contribution in [0.25, 0.3) is 0 Å². The summed E-state index contributed by atoms with van der Waals surface area (Å²) >= 11 is 11.7. The van der Waals surface area contributed by atoms with Gasteiger partial charge in [0.1, 0.15) is 5.75 Å². The van der Waals surface area contributed by atoms with Crippen LogP contribution in [-0.2, 0) is 0 Å². The summed E-state index contributed by atoms with van der Waals surface area (Å²) in [6, 6.07) is 7.33. The normalized spacial score (nSPS) is 10.4. The van der Waals surface area contributed by atoms with Crippen molar-refractivity contribution in [1.29, 1.82) is 0 Å². The quantitative estimate of drug-likeness (QED) is 0.816. The molecule has 0 aromatic heterocycles. The van der Waals surface area contributed by atoms with Crippen LogP contribution in [0.4, 0.5) is 10.1 Å². The molecule has 20 heavy (non-hydrogen) atoms. The number of hydrogen-bond donors (Lipinski definition) is 1. The molecule has 0 aliphatic rings. The maximum Gasteiger partial charge on any atom is 0.167 e. The van der Waals surface area contributed by atoms with E-state index >= 15 is 0 Å². The van der Waals surface area contributed by atoms with Crippen LogP contribution in [0.1, 0.15) is 6.92 Å². The number of halogens is 3. The zero-order chi connectivity index (χ0) is 14.7. The third kappa shape index (κ3) is 3.26. The lowest BCUT2D eigenvalue weighted by Gasteiger charge is -2.12. The van der Waals surface area contributed by atoms with E-state index in [1.165, 1.54) is 6.07 Å². The number of rotatable bonds is 4.